The van der Waals surface area contributed by atoms with Crippen molar-refractivity contribution in [1.82, 2.24) is 14.7 Å². The molecule has 9 heteroatoms. The Kier molecular flexibility index (Phi) is 4.26. The summed E-state index contributed by atoms with van der Waals surface area (Å²) in [6.07, 6.45) is 0. The molecule has 5 nitrogen and oxygen atoms in total. The Bertz CT molecular complexity index is 693. The normalized spacial score (nSPS) is 13.7. The van der Waals surface area contributed by atoms with E-state index in [1.54, 1.807) is 13.8 Å². The molecule has 0 fully saturated rings. The van der Waals surface area contributed by atoms with Gasteiger partial charge in [0.25, 0.3) is 10.0 Å². The minimum atomic E-state index is -3.62. The highest BCUT2D eigenvalue weighted by Crippen LogP contribution is 2.28. The molecule has 0 saturated carbocycles. The molecule has 0 radical (unpaired) electrons. The third kappa shape index (κ3) is 3.32. The van der Waals surface area contributed by atoms with Gasteiger partial charge in [0.05, 0.1) is 11.7 Å². The van der Waals surface area contributed by atoms with E-state index in [2.05, 4.69) is 14.7 Å². The zero-order valence-corrected chi connectivity index (χ0v) is 13.7. The predicted molar refractivity (Wildman–Crippen MR) is 77.4 cm³/mol. The highest BCUT2D eigenvalue weighted by atomic mass is 35.5. The van der Waals surface area contributed by atoms with E-state index in [1.807, 2.05) is 12.3 Å². The third-order valence-corrected chi connectivity index (χ3v) is 6.87. The van der Waals surface area contributed by atoms with Crippen molar-refractivity contribution in [1.29, 1.82) is 0 Å². The highest BCUT2D eigenvalue weighted by molar-refractivity contribution is 7.91. The number of nitrogens with zero attached hydrogens (tertiary/aromatic N) is 2. The van der Waals surface area contributed by atoms with Gasteiger partial charge in [0.2, 0.25) is 0 Å². The Labute approximate surface area is 124 Å². The number of hydrogen-bond acceptors (Lipinski definition) is 6. The van der Waals surface area contributed by atoms with Crippen LogP contribution in [0.25, 0.3) is 0 Å². The fourth-order valence-corrected chi connectivity index (χ4v) is 5.35. The van der Waals surface area contributed by atoms with Gasteiger partial charge in [0.1, 0.15) is 5.01 Å². The summed E-state index contributed by atoms with van der Waals surface area (Å²) in [5.41, 5.74) is 1.29. The molecule has 0 aromatic carbocycles. The van der Waals surface area contributed by atoms with Crippen molar-refractivity contribution >= 4 is 44.3 Å². The van der Waals surface area contributed by atoms with Gasteiger partial charge in [-0.3, -0.25) is 0 Å². The number of nitrogens with one attached hydrogen (secondary N) is 1. The standard InChI is InChI=1S/C10H12ClN3O2S3/c1-5-4-17-8(12-5)6(2)14-19(15,16)9-7(3)13-10(11)18-9/h4,6,14H,1-3H3. The third-order valence-electron chi connectivity index (χ3n) is 2.31. The van der Waals surface area contributed by atoms with Crippen LogP contribution in [0.15, 0.2) is 9.59 Å². The van der Waals surface area contributed by atoms with Gasteiger partial charge in [-0.05, 0) is 20.8 Å². The first kappa shape index (κ1) is 14.9. The largest absolute Gasteiger partial charge is 0.252 e. The summed E-state index contributed by atoms with van der Waals surface area (Å²) in [6.45, 7) is 5.25. The van der Waals surface area contributed by atoms with Crippen molar-refractivity contribution in [3.05, 3.63) is 26.2 Å². The zero-order valence-electron chi connectivity index (χ0n) is 10.5. The van der Waals surface area contributed by atoms with Crippen LogP contribution in [0.1, 0.15) is 29.4 Å². The van der Waals surface area contributed by atoms with Gasteiger partial charge in [0, 0.05) is 11.1 Å². The average molecular weight is 338 g/mol. The van der Waals surface area contributed by atoms with Crippen LogP contribution in [0.3, 0.4) is 0 Å². The van der Waals surface area contributed by atoms with Crippen molar-refractivity contribution in [3.8, 4) is 0 Å². The van der Waals surface area contributed by atoms with Crippen molar-refractivity contribution in [2.45, 2.75) is 31.0 Å². The molecule has 2 aromatic heterocycles. The first-order valence-corrected chi connectivity index (χ1v) is 8.92. The van der Waals surface area contributed by atoms with E-state index < -0.39 is 10.0 Å². The van der Waals surface area contributed by atoms with Crippen LogP contribution >= 0.6 is 34.3 Å². The van der Waals surface area contributed by atoms with E-state index in [9.17, 15) is 8.42 Å². The molecule has 2 rings (SSSR count). The van der Waals surface area contributed by atoms with Crippen LogP contribution in [0.2, 0.25) is 4.47 Å². The topological polar surface area (TPSA) is 72.0 Å². The van der Waals surface area contributed by atoms with Gasteiger partial charge in [-0.25, -0.2) is 23.1 Å². The zero-order chi connectivity index (χ0) is 14.2. The summed E-state index contributed by atoms with van der Waals surface area (Å²) in [7, 11) is -3.62. The molecule has 0 aliphatic heterocycles. The monoisotopic (exact) mass is 337 g/mol. The lowest BCUT2D eigenvalue weighted by molar-refractivity contribution is 0.567. The lowest BCUT2D eigenvalue weighted by Gasteiger charge is -2.10. The first-order chi connectivity index (χ1) is 8.79. The Balaban J connectivity index is 2.24. The molecule has 0 aliphatic carbocycles. The fraction of sp³-hybridized carbons (Fsp3) is 0.400. The number of thiazole rings is 2. The molecule has 104 valence electrons. The van der Waals surface area contributed by atoms with Crippen molar-refractivity contribution in [3.63, 3.8) is 0 Å². The summed E-state index contributed by atoms with van der Waals surface area (Å²) in [4.78, 5) is 8.18. The second-order valence-electron chi connectivity index (χ2n) is 4.01. The van der Waals surface area contributed by atoms with Crippen LogP contribution in [0, 0.1) is 13.8 Å². The van der Waals surface area contributed by atoms with Gasteiger partial charge >= 0.3 is 0 Å². The summed E-state index contributed by atoms with van der Waals surface area (Å²) in [5, 5.41) is 2.61. The van der Waals surface area contributed by atoms with Gasteiger partial charge in [-0.1, -0.05) is 22.9 Å². The number of aromatic nitrogens is 2. The Morgan fingerprint density at radius 1 is 1.37 bits per heavy atom. The molecule has 0 bridgehead atoms. The average Bonchev–Trinajstić information content (AvgIpc) is 2.84. The van der Waals surface area contributed by atoms with Crippen LogP contribution in [0.4, 0.5) is 0 Å². The van der Waals surface area contributed by atoms with Crippen LogP contribution in [0.5, 0.6) is 0 Å². The van der Waals surface area contributed by atoms with Crippen LogP contribution in [-0.2, 0) is 10.0 Å². The second-order valence-corrected chi connectivity index (χ2v) is 8.39. The van der Waals surface area contributed by atoms with Crippen molar-refractivity contribution in [2.24, 2.45) is 0 Å². The smallest absolute Gasteiger partial charge is 0.245 e. The molecular formula is C10H12ClN3O2S3. The molecule has 1 unspecified atom stereocenters. The number of halogens is 1. The Hall–Kier alpha value is -0.540. The molecule has 0 saturated heterocycles. The molecule has 2 aromatic rings. The molecule has 0 aliphatic rings. The van der Waals surface area contributed by atoms with Crippen LogP contribution < -0.4 is 4.72 Å². The molecule has 1 N–H and O–H groups in total. The second kappa shape index (κ2) is 5.45. The van der Waals surface area contributed by atoms with Gasteiger partial charge in [-0.2, -0.15) is 0 Å². The van der Waals surface area contributed by atoms with Crippen molar-refractivity contribution in [2.75, 3.05) is 0 Å². The fourth-order valence-electron chi connectivity index (χ4n) is 1.51. The number of sulfonamides is 1. The van der Waals surface area contributed by atoms with E-state index in [0.717, 1.165) is 22.0 Å². The molecule has 0 spiro atoms. The van der Waals surface area contributed by atoms with Crippen LogP contribution in [-0.4, -0.2) is 18.4 Å². The molecule has 2 heterocycles. The number of aryl methyl sites for hydroxylation is 2. The van der Waals surface area contributed by atoms with E-state index in [1.165, 1.54) is 11.3 Å². The summed E-state index contributed by atoms with van der Waals surface area (Å²) in [5.74, 6) is 0. The maximum absolute atomic E-state index is 12.2. The Morgan fingerprint density at radius 3 is 2.53 bits per heavy atom. The van der Waals surface area contributed by atoms with Crippen molar-refractivity contribution < 1.29 is 8.42 Å². The first-order valence-electron chi connectivity index (χ1n) is 5.37. The number of rotatable bonds is 4. The summed E-state index contributed by atoms with van der Waals surface area (Å²) < 4.78 is 27.4. The Morgan fingerprint density at radius 2 is 2.05 bits per heavy atom. The van der Waals surface area contributed by atoms with E-state index in [-0.39, 0.29) is 14.7 Å². The van der Waals surface area contributed by atoms with E-state index in [0.29, 0.717) is 5.69 Å². The highest BCUT2D eigenvalue weighted by Gasteiger charge is 2.24. The summed E-state index contributed by atoms with van der Waals surface area (Å²) in [6, 6.07) is -0.385. The maximum Gasteiger partial charge on any atom is 0.252 e. The lowest BCUT2D eigenvalue weighted by Crippen LogP contribution is -2.26. The lowest BCUT2D eigenvalue weighted by atomic mass is 10.4. The minimum Gasteiger partial charge on any atom is -0.245 e. The van der Waals surface area contributed by atoms with E-state index >= 15 is 0 Å². The molecule has 0 amide bonds. The van der Waals surface area contributed by atoms with Gasteiger partial charge < -0.3 is 0 Å². The molecule has 1 atom stereocenters. The maximum atomic E-state index is 12.2. The van der Waals surface area contributed by atoms with E-state index in [4.69, 9.17) is 11.6 Å². The SMILES string of the molecule is Cc1csc(C(C)NS(=O)(=O)c2sc(Cl)nc2C)n1. The summed E-state index contributed by atoms with van der Waals surface area (Å²) >= 11 is 8.11. The number of hydrogen-bond donors (Lipinski definition) is 1. The van der Waals surface area contributed by atoms with Gasteiger partial charge in [-0.15, -0.1) is 11.3 Å². The minimum absolute atomic E-state index is 0.151. The quantitative estimate of drug-likeness (QED) is 0.931. The predicted octanol–water partition coefficient (Wildman–Crippen LogP) is 2.91. The molecular weight excluding hydrogens is 326 g/mol. The molecule has 19 heavy (non-hydrogen) atoms. The van der Waals surface area contributed by atoms with Gasteiger partial charge in [0.15, 0.2) is 8.68 Å².